The summed E-state index contributed by atoms with van der Waals surface area (Å²) in [4.78, 5) is 38.1. The zero-order valence-electron chi connectivity index (χ0n) is 49.8. The Balaban J connectivity index is 4.05. The average molecular weight is 1050 g/mol. The highest BCUT2D eigenvalue weighted by molar-refractivity contribution is 5.71. The molecule has 0 aliphatic rings. The Morgan fingerprint density at radius 2 is 0.547 bits per heavy atom. The quantitative estimate of drug-likeness (QED) is 0.0261. The van der Waals surface area contributed by atoms with Crippen LogP contribution in [0.1, 0.15) is 329 Å². The fraction of sp³-hybridized carbons (Fsp3) is 0.783. The Labute approximate surface area is 465 Å². The maximum absolute atomic E-state index is 12.8. The minimum atomic E-state index is -0.778. The van der Waals surface area contributed by atoms with Gasteiger partial charge in [-0.3, -0.25) is 14.4 Å². The summed E-state index contributed by atoms with van der Waals surface area (Å²) in [5.41, 5.74) is 0. The third kappa shape index (κ3) is 61.6. The molecule has 0 bridgehead atoms. The minimum absolute atomic E-state index is 0.0757. The van der Waals surface area contributed by atoms with E-state index < -0.39 is 6.10 Å². The topological polar surface area (TPSA) is 78.9 Å². The van der Waals surface area contributed by atoms with Crippen LogP contribution in [0.4, 0.5) is 0 Å². The molecule has 6 heteroatoms. The van der Waals surface area contributed by atoms with Crippen molar-refractivity contribution in [3.8, 4) is 0 Å². The SMILES string of the molecule is CC/C=C\C/C=C\C/C=C\C/C=C\CCCCCCCCCCCCCCCCCCCCCCC(=O)OCC(COC(=O)CCCCCCCCCCCCC)OC(=O)CCCCCCC/C=C\C/C=C\CCC. The van der Waals surface area contributed by atoms with Gasteiger partial charge in [0.15, 0.2) is 6.10 Å². The van der Waals surface area contributed by atoms with Crippen LogP contribution in [0.15, 0.2) is 72.9 Å². The van der Waals surface area contributed by atoms with E-state index in [1.165, 1.54) is 173 Å². The van der Waals surface area contributed by atoms with Crippen LogP contribution in [-0.4, -0.2) is 37.2 Å². The van der Waals surface area contributed by atoms with E-state index in [0.717, 1.165) is 116 Å². The van der Waals surface area contributed by atoms with Crippen molar-refractivity contribution in [2.45, 2.75) is 335 Å². The molecule has 0 aliphatic heterocycles. The summed E-state index contributed by atoms with van der Waals surface area (Å²) >= 11 is 0. The largest absolute Gasteiger partial charge is 0.462 e. The van der Waals surface area contributed by atoms with Gasteiger partial charge in [-0.25, -0.2) is 0 Å². The van der Waals surface area contributed by atoms with E-state index in [1.54, 1.807) is 0 Å². The summed E-state index contributed by atoms with van der Waals surface area (Å²) in [6.45, 7) is 6.48. The third-order valence-corrected chi connectivity index (χ3v) is 14.2. The highest BCUT2D eigenvalue weighted by Crippen LogP contribution is 2.17. The average Bonchev–Trinajstić information content (AvgIpc) is 3.41. The summed E-state index contributed by atoms with van der Waals surface area (Å²) in [7, 11) is 0. The molecule has 0 amide bonds. The van der Waals surface area contributed by atoms with Gasteiger partial charge in [-0.15, -0.1) is 0 Å². The summed E-state index contributed by atoms with van der Waals surface area (Å²) in [5.74, 6) is -0.875. The van der Waals surface area contributed by atoms with Crippen LogP contribution >= 0.6 is 0 Å². The first kappa shape index (κ1) is 71.8. The zero-order chi connectivity index (χ0) is 54.3. The van der Waals surface area contributed by atoms with Gasteiger partial charge in [0, 0.05) is 19.3 Å². The van der Waals surface area contributed by atoms with Crippen molar-refractivity contribution in [2.24, 2.45) is 0 Å². The van der Waals surface area contributed by atoms with Crippen LogP contribution in [0, 0.1) is 0 Å². The maximum Gasteiger partial charge on any atom is 0.306 e. The van der Waals surface area contributed by atoms with Gasteiger partial charge in [0.05, 0.1) is 0 Å². The Kier molecular flexibility index (Phi) is 60.7. The molecule has 0 fully saturated rings. The van der Waals surface area contributed by atoms with E-state index in [4.69, 9.17) is 14.2 Å². The van der Waals surface area contributed by atoms with Crippen molar-refractivity contribution < 1.29 is 28.6 Å². The maximum atomic E-state index is 12.8. The molecule has 0 heterocycles. The normalized spacial score (nSPS) is 12.5. The van der Waals surface area contributed by atoms with Crippen molar-refractivity contribution in [1.82, 2.24) is 0 Å². The van der Waals surface area contributed by atoms with Crippen molar-refractivity contribution in [3.05, 3.63) is 72.9 Å². The molecule has 0 aromatic carbocycles. The van der Waals surface area contributed by atoms with Gasteiger partial charge in [0.2, 0.25) is 0 Å². The molecule has 0 saturated heterocycles. The van der Waals surface area contributed by atoms with Crippen LogP contribution in [0.5, 0.6) is 0 Å². The lowest BCUT2D eigenvalue weighted by molar-refractivity contribution is -0.167. The van der Waals surface area contributed by atoms with Crippen molar-refractivity contribution in [2.75, 3.05) is 13.2 Å². The Bertz CT molecular complexity index is 1390. The lowest BCUT2D eigenvalue weighted by Crippen LogP contribution is -2.30. The minimum Gasteiger partial charge on any atom is -0.462 e. The van der Waals surface area contributed by atoms with Gasteiger partial charge in [0.25, 0.3) is 0 Å². The van der Waals surface area contributed by atoms with Crippen molar-refractivity contribution >= 4 is 17.9 Å². The lowest BCUT2D eigenvalue weighted by Gasteiger charge is -2.18. The van der Waals surface area contributed by atoms with Gasteiger partial charge in [-0.05, 0) is 83.5 Å². The van der Waals surface area contributed by atoms with E-state index in [2.05, 4.69) is 93.7 Å². The zero-order valence-corrected chi connectivity index (χ0v) is 49.8. The van der Waals surface area contributed by atoms with Crippen LogP contribution in [0.25, 0.3) is 0 Å². The van der Waals surface area contributed by atoms with E-state index in [9.17, 15) is 14.4 Å². The number of hydrogen-bond donors (Lipinski definition) is 0. The molecule has 0 saturated carbocycles. The second kappa shape index (κ2) is 63.4. The van der Waals surface area contributed by atoms with Crippen molar-refractivity contribution in [3.63, 3.8) is 0 Å². The lowest BCUT2D eigenvalue weighted by atomic mass is 10.0. The van der Waals surface area contributed by atoms with Crippen LogP contribution in [0.2, 0.25) is 0 Å². The Morgan fingerprint density at radius 1 is 0.280 bits per heavy atom. The molecular formula is C69H122O6. The molecule has 0 aromatic rings. The first-order chi connectivity index (χ1) is 37.0. The molecule has 0 rings (SSSR count). The fourth-order valence-corrected chi connectivity index (χ4v) is 9.36. The second-order valence-electron chi connectivity index (χ2n) is 21.6. The number of esters is 3. The van der Waals surface area contributed by atoms with Crippen LogP contribution in [-0.2, 0) is 28.6 Å². The third-order valence-electron chi connectivity index (χ3n) is 14.2. The molecule has 0 aliphatic carbocycles. The summed E-state index contributed by atoms with van der Waals surface area (Å²) in [6.07, 6.45) is 82.2. The van der Waals surface area contributed by atoms with Gasteiger partial charge in [-0.2, -0.15) is 0 Å². The van der Waals surface area contributed by atoms with Crippen LogP contribution < -0.4 is 0 Å². The summed E-state index contributed by atoms with van der Waals surface area (Å²) in [6, 6.07) is 0. The number of ether oxygens (including phenoxy) is 3. The molecular weight excluding hydrogens is 925 g/mol. The van der Waals surface area contributed by atoms with Gasteiger partial charge >= 0.3 is 17.9 Å². The smallest absolute Gasteiger partial charge is 0.306 e. The number of unbranched alkanes of at least 4 members (excludes halogenated alkanes) is 36. The number of allylic oxidation sites excluding steroid dienone is 12. The first-order valence-electron chi connectivity index (χ1n) is 32.4. The van der Waals surface area contributed by atoms with E-state index >= 15 is 0 Å². The molecule has 0 N–H and O–H groups in total. The van der Waals surface area contributed by atoms with Crippen LogP contribution in [0.3, 0.4) is 0 Å². The standard InChI is InChI=1S/C69H122O6/c1-4-7-10-13-16-19-22-24-25-26-27-28-29-30-31-32-33-34-35-36-37-38-39-40-41-42-43-45-47-50-53-56-59-62-68(71)74-65-66(64-73-67(70)61-58-55-52-49-46-21-18-15-12-9-6-3)75-69(72)63-60-57-54-51-48-44-23-20-17-14-11-8-5-2/h7,10-11,14,16,19-20,23-25,27-28,66H,4-6,8-9,12-13,15,17-18,21-22,26,29-65H2,1-3H3/b10-7-,14-11-,19-16-,23-20-,25-24-,28-27-. The monoisotopic (exact) mass is 1050 g/mol. The van der Waals surface area contributed by atoms with E-state index in [0.29, 0.717) is 19.3 Å². The highest BCUT2D eigenvalue weighted by Gasteiger charge is 2.19. The molecule has 0 aromatic heterocycles. The highest BCUT2D eigenvalue weighted by atomic mass is 16.6. The van der Waals surface area contributed by atoms with Gasteiger partial charge < -0.3 is 14.2 Å². The molecule has 434 valence electrons. The predicted octanol–water partition coefficient (Wildman–Crippen LogP) is 22.1. The van der Waals surface area contributed by atoms with E-state index in [-0.39, 0.29) is 31.1 Å². The van der Waals surface area contributed by atoms with Gasteiger partial charge in [-0.1, -0.05) is 299 Å². The van der Waals surface area contributed by atoms with Gasteiger partial charge in [0.1, 0.15) is 13.2 Å². The van der Waals surface area contributed by atoms with E-state index in [1.807, 2.05) is 0 Å². The summed E-state index contributed by atoms with van der Waals surface area (Å²) < 4.78 is 16.9. The number of hydrogen-bond acceptors (Lipinski definition) is 6. The Morgan fingerprint density at radius 3 is 0.867 bits per heavy atom. The predicted molar refractivity (Wildman–Crippen MR) is 325 cm³/mol. The number of carbonyl (C=O) groups is 3. The molecule has 1 atom stereocenters. The molecule has 6 nitrogen and oxygen atoms in total. The molecule has 75 heavy (non-hydrogen) atoms. The molecule has 1 unspecified atom stereocenters. The Hall–Kier alpha value is -3.15. The number of carbonyl (C=O) groups excluding carboxylic acids is 3. The summed E-state index contributed by atoms with van der Waals surface area (Å²) in [5, 5.41) is 0. The first-order valence-corrected chi connectivity index (χ1v) is 32.4. The molecule has 0 radical (unpaired) electrons. The van der Waals surface area contributed by atoms with Crippen molar-refractivity contribution in [1.29, 1.82) is 0 Å². The second-order valence-corrected chi connectivity index (χ2v) is 21.6. The number of rotatable bonds is 59. The fourth-order valence-electron chi connectivity index (χ4n) is 9.36. The molecule has 0 spiro atoms.